The smallest absolute Gasteiger partial charge is 0.488 e. The highest BCUT2D eigenvalue weighted by Crippen LogP contribution is 2.17. The van der Waals surface area contributed by atoms with Crippen molar-refractivity contribution in [2.75, 3.05) is 7.11 Å². The monoisotopic (exact) mass is 288 g/mol. The van der Waals surface area contributed by atoms with Crippen LogP contribution in [0, 0.1) is 13.8 Å². The second-order valence-corrected chi connectivity index (χ2v) is 5.10. The van der Waals surface area contributed by atoms with Gasteiger partial charge in [-0.05, 0) is 49.0 Å². The number of nitrogens with zero attached hydrogens (tertiary/aromatic N) is 2. The van der Waals surface area contributed by atoms with Crippen molar-refractivity contribution in [3.8, 4) is 5.75 Å². The van der Waals surface area contributed by atoms with Crippen molar-refractivity contribution in [2.24, 2.45) is 0 Å². The molecule has 0 atom stereocenters. The Labute approximate surface area is 125 Å². The number of methoxy groups -OCH3 is 1. The molecule has 0 aliphatic heterocycles. The minimum Gasteiger partial charge on any atom is -0.497 e. The summed E-state index contributed by atoms with van der Waals surface area (Å²) in [5, 5.41) is 23.6. The Hall–Kier alpha value is -1.79. The zero-order valence-corrected chi connectivity index (χ0v) is 12.9. The average molecular weight is 288 g/mol. The Morgan fingerprint density at radius 1 is 1.29 bits per heavy atom. The summed E-state index contributed by atoms with van der Waals surface area (Å²) in [5.41, 5.74) is 4.63. The third-order valence-corrected chi connectivity index (χ3v) is 3.83. The molecular weight excluding hydrogens is 267 g/mol. The molecule has 1 aromatic carbocycles. The molecule has 2 aromatic rings. The van der Waals surface area contributed by atoms with Gasteiger partial charge in [-0.1, -0.05) is 13.0 Å². The lowest BCUT2D eigenvalue weighted by Crippen LogP contribution is -2.33. The van der Waals surface area contributed by atoms with E-state index in [4.69, 9.17) is 4.74 Å². The van der Waals surface area contributed by atoms with Gasteiger partial charge >= 0.3 is 7.12 Å². The molecule has 0 spiro atoms. The van der Waals surface area contributed by atoms with Crippen molar-refractivity contribution in [1.29, 1.82) is 0 Å². The fourth-order valence-corrected chi connectivity index (χ4v) is 2.66. The average Bonchev–Trinajstić information content (AvgIpc) is 2.72. The summed E-state index contributed by atoms with van der Waals surface area (Å²) in [7, 11) is 0.0839. The number of aryl methyl sites for hydroxylation is 1. The second-order valence-electron chi connectivity index (χ2n) is 5.10. The number of aromatic nitrogens is 2. The van der Waals surface area contributed by atoms with Gasteiger partial charge in [0.05, 0.1) is 19.3 Å². The molecule has 6 heteroatoms. The fourth-order valence-electron chi connectivity index (χ4n) is 2.66. The summed E-state index contributed by atoms with van der Waals surface area (Å²) in [5.74, 6) is 0.687. The molecule has 0 aliphatic carbocycles. The molecule has 2 rings (SSSR count). The lowest BCUT2D eigenvalue weighted by atomic mass is 9.77. The van der Waals surface area contributed by atoms with Crippen LogP contribution in [0.15, 0.2) is 18.2 Å². The normalized spacial score (nSPS) is 10.8. The number of hydrogen-bond acceptors (Lipinski definition) is 4. The summed E-state index contributed by atoms with van der Waals surface area (Å²) >= 11 is 0. The minimum atomic E-state index is -1.51. The molecule has 0 saturated carbocycles. The summed E-state index contributed by atoms with van der Waals surface area (Å²) < 4.78 is 7.11. The van der Waals surface area contributed by atoms with Crippen LogP contribution >= 0.6 is 0 Å². The first kappa shape index (κ1) is 15.6. The molecule has 0 fully saturated rings. The zero-order chi connectivity index (χ0) is 15.6. The first-order valence-electron chi connectivity index (χ1n) is 7.03. The van der Waals surface area contributed by atoms with Crippen LogP contribution in [0.5, 0.6) is 5.75 Å². The van der Waals surface area contributed by atoms with Gasteiger partial charge in [0.25, 0.3) is 0 Å². The zero-order valence-electron chi connectivity index (χ0n) is 12.9. The van der Waals surface area contributed by atoms with Crippen LogP contribution in [0.1, 0.15) is 29.4 Å². The van der Waals surface area contributed by atoms with Gasteiger partial charge in [0, 0.05) is 5.69 Å². The van der Waals surface area contributed by atoms with E-state index in [0.29, 0.717) is 17.8 Å². The highest BCUT2D eigenvalue weighted by molar-refractivity contribution is 6.59. The van der Waals surface area contributed by atoms with Crippen molar-refractivity contribution in [1.82, 2.24) is 9.78 Å². The Kier molecular flexibility index (Phi) is 4.70. The van der Waals surface area contributed by atoms with Crippen molar-refractivity contribution in [3.05, 3.63) is 40.7 Å². The molecular formula is C15H21BN2O3. The van der Waals surface area contributed by atoms with Gasteiger partial charge in [0.2, 0.25) is 0 Å². The van der Waals surface area contributed by atoms with Gasteiger partial charge in [-0.2, -0.15) is 5.10 Å². The Balaban J connectivity index is 2.43. The van der Waals surface area contributed by atoms with E-state index in [1.54, 1.807) is 19.2 Å². The van der Waals surface area contributed by atoms with E-state index in [0.717, 1.165) is 23.4 Å². The quantitative estimate of drug-likeness (QED) is 0.799. The largest absolute Gasteiger partial charge is 0.497 e. The summed E-state index contributed by atoms with van der Waals surface area (Å²) in [6.07, 6.45) is 0.936. The van der Waals surface area contributed by atoms with Gasteiger partial charge in [-0.15, -0.1) is 0 Å². The molecule has 0 bridgehead atoms. The summed E-state index contributed by atoms with van der Waals surface area (Å²) in [6.45, 7) is 6.62. The highest BCUT2D eigenvalue weighted by atomic mass is 16.5. The molecule has 0 radical (unpaired) electrons. The first-order valence-corrected chi connectivity index (χ1v) is 7.03. The molecule has 1 heterocycles. The van der Waals surface area contributed by atoms with Gasteiger partial charge in [0.15, 0.2) is 0 Å². The maximum atomic E-state index is 9.51. The third-order valence-electron chi connectivity index (χ3n) is 3.83. The van der Waals surface area contributed by atoms with Crippen molar-refractivity contribution in [2.45, 2.75) is 33.7 Å². The van der Waals surface area contributed by atoms with Gasteiger partial charge < -0.3 is 14.8 Å². The predicted molar refractivity (Wildman–Crippen MR) is 83.0 cm³/mol. The number of hydrogen-bond donors (Lipinski definition) is 2. The maximum Gasteiger partial charge on any atom is 0.488 e. The standard InChI is InChI=1S/C15H21BN2O3/c1-5-14-10(2)17-18(11(14)3)9-12-8-13(21-4)6-7-15(12)16(19)20/h6-8,19-20H,5,9H2,1-4H3. The molecule has 0 unspecified atom stereocenters. The van der Waals surface area contributed by atoms with E-state index in [9.17, 15) is 10.0 Å². The van der Waals surface area contributed by atoms with Gasteiger partial charge in [-0.25, -0.2) is 0 Å². The lowest BCUT2D eigenvalue weighted by molar-refractivity contribution is 0.413. The van der Waals surface area contributed by atoms with E-state index < -0.39 is 7.12 Å². The molecule has 1 aromatic heterocycles. The minimum absolute atomic E-state index is 0.474. The highest BCUT2D eigenvalue weighted by Gasteiger charge is 2.18. The topological polar surface area (TPSA) is 67.5 Å². The Morgan fingerprint density at radius 3 is 2.52 bits per heavy atom. The van der Waals surface area contributed by atoms with E-state index in [1.807, 2.05) is 24.6 Å². The van der Waals surface area contributed by atoms with Crippen LogP contribution in [0.4, 0.5) is 0 Å². The van der Waals surface area contributed by atoms with Crippen LogP contribution in [0.3, 0.4) is 0 Å². The Bertz CT molecular complexity index is 638. The summed E-state index contributed by atoms with van der Waals surface area (Å²) in [6, 6.07) is 5.21. The predicted octanol–water partition coefficient (Wildman–Crippen LogP) is 0.799. The van der Waals surface area contributed by atoms with Crippen LogP contribution in [0.2, 0.25) is 0 Å². The molecule has 5 nitrogen and oxygen atoms in total. The van der Waals surface area contributed by atoms with E-state index in [2.05, 4.69) is 12.0 Å². The first-order chi connectivity index (χ1) is 9.97. The second kappa shape index (κ2) is 6.32. The SMILES string of the molecule is CCc1c(C)nn(Cc2cc(OC)ccc2B(O)O)c1C. The van der Waals surface area contributed by atoms with Gasteiger partial charge in [0.1, 0.15) is 5.75 Å². The number of ether oxygens (including phenoxy) is 1. The molecule has 0 amide bonds. The number of rotatable bonds is 5. The maximum absolute atomic E-state index is 9.51. The molecule has 2 N–H and O–H groups in total. The van der Waals surface area contributed by atoms with Crippen LogP contribution < -0.4 is 10.2 Å². The van der Waals surface area contributed by atoms with Crippen LogP contribution in [-0.4, -0.2) is 34.1 Å². The fraction of sp³-hybridized carbons (Fsp3) is 0.400. The third kappa shape index (κ3) is 3.11. The molecule has 21 heavy (non-hydrogen) atoms. The molecule has 0 saturated heterocycles. The van der Waals surface area contributed by atoms with Crippen molar-refractivity contribution >= 4 is 12.6 Å². The molecule has 0 aliphatic rings. The number of benzene rings is 1. The van der Waals surface area contributed by atoms with Crippen molar-refractivity contribution < 1.29 is 14.8 Å². The van der Waals surface area contributed by atoms with E-state index in [-0.39, 0.29) is 0 Å². The van der Waals surface area contributed by atoms with Crippen molar-refractivity contribution in [3.63, 3.8) is 0 Å². The Morgan fingerprint density at radius 2 is 2.00 bits per heavy atom. The molecule has 112 valence electrons. The van der Waals surface area contributed by atoms with Crippen LogP contribution in [-0.2, 0) is 13.0 Å². The lowest BCUT2D eigenvalue weighted by Gasteiger charge is -2.12. The van der Waals surface area contributed by atoms with E-state index >= 15 is 0 Å². The van der Waals surface area contributed by atoms with Crippen LogP contribution in [0.25, 0.3) is 0 Å². The van der Waals surface area contributed by atoms with Gasteiger partial charge in [-0.3, -0.25) is 4.68 Å². The van der Waals surface area contributed by atoms with E-state index in [1.165, 1.54) is 5.56 Å². The summed E-state index contributed by atoms with van der Waals surface area (Å²) in [4.78, 5) is 0.